The molecular formula is C24H28N2O8S. The van der Waals surface area contributed by atoms with Gasteiger partial charge in [-0.3, -0.25) is 4.79 Å². The van der Waals surface area contributed by atoms with E-state index in [1.54, 1.807) is 25.1 Å². The number of amides is 1. The Morgan fingerprint density at radius 1 is 0.971 bits per heavy atom. The van der Waals surface area contributed by atoms with Gasteiger partial charge in [0, 0.05) is 18.8 Å². The van der Waals surface area contributed by atoms with Crippen LogP contribution in [0.2, 0.25) is 0 Å². The molecule has 0 saturated carbocycles. The first-order chi connectivity index (χ1) is 16.6. The number of hydrogen-bond acceptors (Lipinski definition) is 8. The van der Waals surface area contributed by atoms with Crippen LogP contribution in [0, 0.1) is 12.8 Å². The van der Waals surface area contributed by atoms with Crippen molar-refractivity contribution >= 4 is 33.6 Å². The third-order valence-electron chi connectivity index (χ3n) is 5.73. The maximum absolute atomic E-state index is 13.4. The van der Waals surface area contributed by atoms with E-state index in [1.165, 1.54) is 43.8 Å². The molecule has 2 aromatic carbocycles. The lowest BCUT2D eigenvalue weighted by Gasteiger charge is -2.31. The Bertz CT molecular complexity index is 1210. The average Bonchev–Trinajstić information content (AvgIpc) is 2.87. The first-order valence-electron chi connectivity index (χ1n) is 10.9. The predicted molar refractivity (Wildman–Crippen MR) is 127 cm³/mol. The van der Waals surface area contributed by atoms with Crippen molar-refractivity contribution in [3.63, 3.8) is 0 Å². The molecule has 0 aromatic heterocycles. The van der Waals surface area contributed by atoms with E-state index < -0.39 is 33.8 Å². The zero-order valence-electron chi connectivity index (χ0n) is 20.0. The van der Waals surface area contributed by atoms with E-state index in [1.807, 2.05) is 0 Å². The molecule has 1 amide bonds. The molecule has 1 saturated heterocycles. The zero-order chi connectivity index (χ0) is 25.8. The van der Waals surface area contributed by atoms with E-state index in [9.17, 15) is 22.8 Å². The van der Waals surface area contributed by atoms with Crippen LogP contribution in [-0.2, 0) is 24.3 Å². The summed E-state index contributed by atoms with van der Waals surface area (Å²) >= 11 is 0. The van der Waals surface area contributed by atoms with Crippen LogP contribution in [-0.4, -0.2) is 65.0 Å². The number of nitrogens with zero attached hydrogens (tertiary/aromatic N) is 1. The number of piperidine rings is 1. The van der Waals surface area contributed by atoms with Gasteiger partial charge < -0.3 is 19.5 Å². The highest BCUT2D eigenvalue weighted by molar-refractivity contribution is 7.89. The molecular weight excluding hydrogens is 476 g/mol. The summed E-state index contributed by atoms with van der Waals surface area (Å²) in [6, 6.07) is 8.97. The number of esters is 2. The summed E-state index contributed by atoms with van der Waals surface area (Å²) in [7, 11) is -0.0992. The maximum atomic E-state index is 13.4. The molecule has 1 atom stereocenters. The lowest BCUT2D eigenvalue weighted by Crippen LogP contribution is -2.43. The molecule has 1 aliphatic rings. The molecule has 1 aliphatic heterocycles. The van der Waals surface area contributed by atoms with E-state index in [0.29, 0.717) is 12.8 Å². The van der Waals surface area contributed by atoms with Crippen molar-refractivity contribution in [3.05, 3.63) is 53.1 Å². The summed E-state index contributed by atoms with van der Waals surface area (Å²) < 4.78 is 42.7. The Morgan fingerprint density at radius 3 is 2.17 bits per heavy atom. The standard InChI is InChI=1S/C24H28N2O8S/c1-15-7-8-20(32-2)21(10-15)35(30,31)26-9-5-6-16(14-26)22(27)25-19-12-17(23(28)33-3)11-18(13-19)24(29)34-4/h7-8,10-13,16H,5-6,9,14H2,1-4H3,(H,25,27)/t16-/m0/s1. The van der Waals surface area contributed by atoms with Gasteiger partial charge in [0.1, 0.15) is 10.6 Å². The number of carbonyl (C=O) groups is 3. The highest BCUT2D eigenvalue weighted by Crippen LogP contribution is 2.31. The minimum Gasteiger partial charge on any atom is -0.495 e. The van der Waals surface area contributed by atoms with E-state index >= 15 is 0 Å². The van der Waals surface area contributed by atoms with Gasteiger partial charge in [0.15, 0.2) is 0 Å². The number of hydrogen-bond donors (Lipinski definition) is 1. The Labute approximate surface area is 204 Å². The molecule has 1 N–H and O–H groups in total. The first kappa shape index (κ1) is 26.2. The lowest BCUT2D eigenvalue weighted by molar-refractivity contribution is -0.120. The number of nitrogens with one attached hydrogen (secondary N) is 1. The highest BCUT2D eigenvalue weighted by Gasteiger charge is 2.35. The Hall–Kier alpha value is -3.44. The van der Waals surface area contributed by atoms with E-state index in [-0.39, 0.29) is 40.5 Å². The van der Waals surface area contributed by atoms with Crippen LogP contribution >= 0.6 is 0 Å². The molecule has 1 fully saturated rings. The first-order valence-corrected chi connectivity index (χ1v) is 12.3. The van der Waals surface area contributed by atoms with Gasteiger partial charge in [0.2, 0.25) is 15.9 Å². The molecule has 0 spiro atoms. The summed E-state index contributed by atoms with van der Waals surface area (Å²) in [5.74, 6) is -2.21. The molecule has 0 bridgehead atoms. The van der Waals surface area contributed by atoms with Crippen molar-refractivity contribution in [1.82, 2.24) is 4.31 Å². The van der Waals surface area contributed by atoms with Crippen molar-refractivity contribution < 1.29 is 37.0 Å². The number of carbonyl (C=O) groups excluding carboxylic acids is 3. The molecule has 1 heterocycles. The van der Waals surface area contributed by atoms with Gasteiger partial charge in [0.05, 0.1) is 38.4 Å². The molecule has 0 unspecified atom stereocenters. The van der Waals surface area contributed by atoms with Gasteiger partial charge >= 0.3 is 11.9 Å². The van der Waals surface area contributed by atoms with Gasteiger partial charge in [0.25, 0.3) is 0 Å². The normalized spacial score (nSPS) is 16.3. The van der Waals surface area contributed by atoms with Crippen molar-refractivity contribution in [3.8, 4) is 5.75 Å². The van der Waals surface area contributed by atoms with Gasteiger partial charge in [-0.15, -0.1) is 0 Å². The van der Waals surface area contributed by atoms with E-state index in [4.69, 9.17) is 14.2 Å². The van der Waals surface area contributed by atoms with Gasteiger partial charge in [-0.25, -0.2) is 18.0 Å². The predicted octanol–water partition coefficient (Wildman–Crippen LogP) is 2.62. The van der Waals surface area contributed by atoms with E-state index in [2.05, 4.69) is 5.32 Å². The Kier molecular flexibility index (Phi) is 8.13. The molecule has 2 aromatic rings. The van der Waals surface area contributed by atoms with Gasteiger partial charge in [-0.1, -0.05) is 6.07 Å². The number of methoxy groups -OCH3 is 3. The second-order valence-corrected chi connectivity index (χ2v) is 10.0. The van der Waals surface area contributed by atoms with Crippen LogP contribution in [0.1, 0.15) is 39.1 Å². The fourth-order valence-corrected chi connectivity index (χ4v) is 5.68. The molecule has 188 valence electrons. The van der Waals surface area contributed by atoms with Crippen LogP contribution in [0.15, 0.2) is 41.3 Å². The summed E-state index contributed by atoms with van der Waals surface area (Å²) in [6.45, 7) is 2.04. The number of rotatable bonds is 7. The number of anilines is 1. The number of benzene rings is 2. The van der Waals surface area contributed by atoms with Crippen LogP contribution in [0.5, 0.6) is 5.75 Å². The molecule has 0 radical (unpaired) electrons. The molecule has 3 rings (SSSR count). The Balaban J connectivity index is 1.83. The number of ether oxygens (including phenoxy) is 3. The van der Waals surface area contributed by atoms with Gasteiger partial charge in [-0.2, -0.15) is 4.31 Å². The largest absolute Gasteiger partial charge is 0.495 e. The monoisotopic (exact) mass is 504 g/mol. The molecule has 11 heteroatoms. The maximum Gasteiger partial charge on any atom is 0.337 e. The number of aryl methyl sites for hydroxylation is 1. The second-order valence-electron chi connectivity index (χ2n) is 8.13. The molecule has 35 heavy (non-hydrogen) atoms. The highest BCUT2D eigenvalue weighted by atomic mass is 32.2. The fourth-order valence-electron chi connectivity index (χ4n) is 3.91. The third kappa shape index (κ3) is 5.80. The fraction of sp³-hybridized carbons (Fsp3) is 0.375. The lowest BCUT2D eigenvalue weighted by atomic mass is 9.98. The quantitative estimate of drug-likeness (QED) is 0.570. The SMILES string of the molecule is COC(=O)c1cc(NC(=O)[C@H]2CCCN(S(=O)(=O)c3cc(C)ccc3OC)C2)cc(C(=O)OC)c1. The summed E-state index contributed by atoms with van der Waals surface area (Å²) in [6.07, 6.45) is 0.963. The van der Waals surface area contributed by atoms with Crippen LogP contribution in [0.4, 0.5) is 5.69 Å². The third-order valence-corrected chi connectivity index (χ3v) is 7.62. The summed E-state index contributed by atoms with van der Waals surface area (Å²) in [5.41, 5.74) is 1.08. The van der Waals surface area contributed by atoms with Crippen molar-refractivity contribution in [1.29, 1.82) is 0 Å². The zero-order valence-corrected chi connectivity index (χ0v) is 20.8. The smallest absolute Gasteiger partial charge is 0.337 e. The minimum absolute atomic E-state index is 0.0220. The van der Waals surface area contributed by atoms with E-state index in [0.717, 1.165) is 5.56 Å². The van der Waals surface area contributed by atoms with Crippen LogP contribution in [0.25, 0.3) is 0 Å². The van der Waals surface area contributed by atoms with Crippen molar-refractivity contribution in [2.45, 2.75) is 24.7 Å². The second kappa shape index (κ2) is 10.9. The van der Waals surface area contributed by atoms with Crippen molar-refractivity contribution in [2.24, 2.45) is 5.92 Å². The molecule has 0 aliphatic carbocycles. The van der Waals surface area contributed by atoms with Crippen molar-refractivity contribution in [2.75, 3.05) is 39.7 Å². The summed E-state index contributed by atoms with van der Waals surface area (Å²) in [4.78, 5) is 37.1. The minimum atomic E-state index is -3.90. The number of sulfonamides is 1. The van der Waals surface area contributed by atoms with Gasteiger partial charge in [-0.05, 0) is 55.7 Å². The Morgan fingerprint density at radius 2 is 1.60 bits per heavy atom. The average molecular weight is 505 g/mol. The van der Waals surface area contributed by atoms with Crippen LogP contribution in [0.3, 0.4) is 0 Å². The van der Waals surface area contributed by atoms with Crippen LogP contribution < -0.4 is 10.1 Å². The summed E-state index contributed by atoms with van der Waals surface area (Å²) in [5, 5.41) is 2.69. The molecule has 10 nitrogen and oxygen atoms in total. The topological polar surface area (TPSA) is 128 Å².